The minimum atomic E-state index is -0.107. The number of hydrogen-bond acceptors (Lipinski definition) is 7. The summed E-state index contributed by atoms with van der Waals surface area (Å²) >= 11 is 0. The van der Waals surface area contributed by atoms with Crippen molar-refractivity contribution in [3.05, 3.63) is 10.5 Å². The fourth-order valence-corrected chi connectivity index (χ4v) is 8.69. The van der Waals surface area contributed by atoms with E-state index in [4.69, 9.17) is 15.5 Å². The summed E-state index contributed by atoms with van der Waals surface area (Å²) in [5.74, 6) is 1.57. The van der Waals surface area contributed by atoms with Crippen LogP contribution in [-0.2, 0) is 0 Å². The third-order valence-corrected chi connectivity index (χ3v) is 11.2. The first-order chi connectivity index (χ1) is 20.6. The van der Waals surface area contributed by atoms with E-state index >= 15 is 0 Å². The molecule has 2 saturated heterocycles. The SMILES string of the molecule is CCCCOc1nc(N)c2[nH]c(=O)n(C(CCCC3CCN(C4CCCC4)CC3)C3CCN(C4CCCC4)CC3)c2n1. The van der Waals surface area contributed by atoms with E-state index in [9.17, 15) is 4.79 Å². The molecule has 0 radical (unpaired) electrons. The molecule has 1 unspecified atom stereocenters. The van der Waals surface area contributed by atoms with Crippen LogP contribution in [0.2, 0.25) is 0 Å². The third kappa shape index (κ3) is 6.82. The molecule has 2 aromatic heterocycles. The number of likely N-dealkylation sites (tertiary alicyclic amines) is 2. The number of fused-ring (bicyclic) bond motifs is 1. The van der Waals surface area contributed by atoms with Gasteiger partial charge in [0.1, 0.15) is 5.52 Å². The number of hydrogen-bond donors (Lipinski definition) is 2. The molecule has 3 N–H and O–H groups in total. The van der Waals surface area contributed by atoms with Crippen molar-refractivity contribution in [1.82, 2.24) is 29.3 Å². The van der Waals surface area contributed by atoms with Gasteiger partial charge in [-0.05, 0) is 102 Å². The number of anilines is 1. The Morgan fingerprint density at radius 1 is 0.881 bits per heavy atom. The average molecular weight is 582 g/mol. The van der Waals surface area contributed by atoms with Crippen LogP contribution in [0, 0.1) is 11.8 Å². The second kappa shape index (κ2) is 14.1. The summed E-state index contributed by atoms with van der Waals surface area (Å²) in [6.07, 6.45) is 21.4. The van der Waals surface area contributed by atoms with Crippen molar-refractivity contribution in [2.45, 2.75) is 134 Å². The second-order valence-electron chi connectivity index (χ2n) is 13.8. The number of rotatable bonds is 12. The number of nitrogen functional groups attached to an aromatic ring is 1. The Kier molecular flexibility index (Phi) is 10.0. The molecule has 42 heavy (non-hydrogen) atoms. The zero-order valence-corrected chi connectivity index (χ0v) is 26.1. The first kappa shape index (κ1) is 29.9. The number of nitrogens with two attached hydrogens (primary N) is 1. The number of aromatic amines is 1. The summed E-state index contributed by atoms with van der Waals surface area (Å²) in [5.41, 5.74) is 7.40. The van der Waals surface area contributed by atoms with E-state index in [1.165, 1.54) is 83.7 Å². The molecule has 4 aliphatic rings. The first-order valence-electron chi connectivity index (χ1n) is 17.5. The molecular formula is C33H55N7O2. The number of piperidine rings is 2. The Hall–Kier alpha value is -2.13. The zero-order valence-electron chi connectivity index (χ0n) is 26.1. The van der Waals surface area contributed by atoms with Crippen LogP contribution in [0.3, 0.4) is 0 Å². The van der Waals surface area contributed by atoms with Crippen LogP contribution in [-0.4, -0.2) is 74.2 Å². The molecule has 4 heterocycles. The Morgan fingerprint density at radius 3 is 2.12 bits per heavy atom. The lowest BCUT2D eigenvalue weighted by atomic mass is 9.84. The quantitative estimate of drug-likeness (QED) is 0.301. The van der Waals surface area contributed by atoms with Gasteiger partial charge in [-0.25, -0.2) is 4.79 Å². The summed E-state index contributed by atoms with van der Waals surface area (Å²) in [5, 5.41) is 0. The number of nitrogens with one attached hydrogen (secondary N) is 1. The molecular weight excluding hydrogens is 526 g/mol. The highest BCUT2D eigenvalue weighted by molar-refractivity contribution is 5.82. The normalized spacial score (nSPS) is 23.4. The topological polar surface area (TPSA) is 105 Å². The standard InChI is InChI=1S/C33H55N7O2/c1-2-3-23-42-32-36-30(34)29-31(37-32)40(33(41)35-29)28(25-17-21-39(22-18-25)27-12-6-7-13-27)14-8-9-24-15-19-38(20-16-24)26-10-4-5-11-26/h24-28H,2-23H2,1H3,(H,35,41)(H2,34,36,37). The zero-order chi connectivity index (χ0) is 28.9. The van der Waals surface area contributed by atoms with E-state index in [0.717, 1.165) is 69.6 Å². The van der Waals surface area contributed by atoms with Gasteiger partial charge in [0.25, 0.3) is 0 Å². The molecule has 0 aromatic carbocycles. The molecule has 0 spiro atoms. The van der Waals surface area contributed by atoms with E-state index < -0.39 is 0 Å². The van der Waals surface area contributed by atoms with Gasteiger partial charge in [-0.15, -0.1) is 0 Å². The van der Waals surface area contributed by atoms with E-state index in [2.05, 4.69) is 26.7 Å². The molecule has 1 atom stereocenters. The van der Waals surface area contributed by atoms with Crippen molar-refractivity contribution >= 4 is 17.0 Å². The summed E-state index contributed by atoms with van der Waals surface area (Å²) in [6.45, 7) is 7.52. The van der Waals surface area contributed by atoms with E-state index in [0.29, 0.717) is 29.5 Å². The van der Waals surface area contributed by atoms with Crippen molar-refractivity contribution < 1.29 is 4.74 Å². The van der Waals surface area contributed by atoms with Crippen molar-refractivity contribution in [1.29, 1.82) is 0 Å². The fraction of sp³-hybridized carbons (Fsp3) is 0.848. The van der Waals surface area contributed by atoms with Crippen molar-refractivity contribution in [3.63, 3.8) is 0 Å². The van der Waals surface area contributed by atoms with Gasteiger partial charge in [0.05, 0.1) is 6.61 Å². The second-order valence-corrected chi connectivity index (χ2v) is 13.8. The Bertz CT molecular complexity index is 1180. The van der Waals surface area contributed by atoms with Crippen molar-refractivity contribution in [2.75, 3.05) is 38.5 Å². The molecule has 234 valence electrons. The highest BCUT2D eigenvalue weighted by Gasteiger charge is 2.34. The van der Waals surface area contributed by atoms with Gasteiger partial charge < -0.3 is 25.3 Å². The fourth-order valence-electron chi connectivity index (χ4n) is 8.69. The summed E-state index contributed by atoms with van der Waals surface area (Å²) in [6, 6.07) is 2.02. The van der Waals surface area contributed by atoms with Gasteiger partial charge in [-0.3, -0.25) is 4.57 Å². The van der Waals surface area contributed by atoms with Crippen LogP contribution >= 0.6 is 0 Å². The lowest BCUT2D eigenvalue weighted by Gasteiger charge is -2.39. The highest BCUT2D eigenvalue weighted by atomic mass is 16.5. The lowest BCUT2D eigenvalue weighted by molar-refractivity contribution is 0.105. The van der Waals surface area contributed by atoms with Crippen LogP contribution < -0.4 is 16.2 Å². The maximum absolute atomic E-state index is 13.6. The summed E-state index contributed by atoms with van der Waals surface area (Å²) in [7, 11) is 0. The molecule has 2 aliphatic carbocycles. The lowest BCUT2D eigenvalue weighted by Crippen LogP contribution is -2.42. The molecule has 2 aromatic rings. The van der Waals surface area contributed by atoms with Crippen LogP contribution in [0.5, 0.6) is 6.01 Å². The minimum absolute atomic E-state index is 0.107. The predicted octanol–water partition coefficient (Wildman–Crippen LogP) is 5.90. The smallest absolute Gasteiger partial charge is 0.328 e. The molecule has 9 nitrogen and oxygen atoms in total. The molecule has 4 fully saturated rings. The molecule has 0 amide bonds. The van der Waals surface area contributed by atoms with Crippen molar-refractivity contribution in [2.24, 2.45) is 11.8 Å². The highest BCUT2D eigenvalue weighted by Crippen LogP contribution is 2.37. The van der Waals surface area contributed by atoms with Crippen LogP contribution in [0.15, 0.2) is 4.79 Å². The van der Waals surface area contributed by atoms with Gasteiger partial charge >= 0.3 is 11.7 Å². The molecule has 9 heteroatoms. The van der Waals surface area contributed by atoms with Crippen LogP contribution in [0.25, 0.3) is 11.2 Å². The number of aromatic nitrogens is 4. The summed E-state index contributed by atoms with van der Waals surface area (Å²) in [4.78, 5) is 31.2. The van der Waals surface area contributed by atoms with Gasteiger partial charge in [-0.2, -0.15) is 9.97 Å². The Labute approximate surface area is 252 Å². The van der Waals surface area contributed by atoms with Crippen LogP contribution in [0.4, 0.5) is 5.82 Å². The monoisotopic (exact) mass is 581 g/mol. The van der Waals surface area contributed by atoms with E-state index in [1.807, 2.05) is 4.57 Å². The first-order valence-corrected chi connectivity index (χ1v) is 17.5. The molecule has 2 aliphatic heterocycles. The predicted molar refractivity (Wildman–Crippen MR) is 169 cm³/mol. The number of H-pyrrole nitrogens is 1. The van der Waals surface area contributed by atoms with Crippen molar-refractivity contribution in [3.8, 4) is 6.01 Å². The maximum Gasteiger partial charge on any atom is 0.328 e. The van der Waals surface area contributed by atoms with Crippen LogP contribution in [0.1, 0.15) is 122 Å². The van der Waals surface area contributed by atoms with Gasteiger partial charge in [0.2, 0.25) is 0 Å². The maximum atomic E-state index is 13.6. The van der Waals surface area contributed by atoms with Gasteiger partial charge in [0, 0.05) is 18.1 Å². The third-order valence-electron chi connectivity index (χ3n) is 11.2. The Morgan fingerprint density at radius 2 is 1.50 bits per heavy atom. The number of unbranched alkanes of at least 4 members (excludes halogenated alkanes) is 1. The minimum Gasteiger partial charge on any atom is -0.463 e. The number of imidazole rings is 1. The largest absolute Gasteiger partial charge is 0.463 e. The Balaban J connectivity index is 1.16. The molecule has 0 bridgehead atoms. The van der Waals surface area contributed by atoms with E-state index in [-0.39, 0.29) is 17.7 Å². The molecule has 2 saturated carbocycles. The number of nitrogens with zero attached hydrogens (tertiary/aromatic N) is 5. The van der Waals surface area contributed by atoms with Gasteiger partial charge in [-0.1, -0.05) is 51.9 Å². The average Bonchev–Trinajstić information content (AvgIpc) is 3.79. The number of ether oxygens (including phenoxy) is 1. The molecule has 6 rings (SSSR count). The van der Waals surface area contributed by atoms with Gasteiger partial charge in [0.15, 0.2) is 11.5 Å². The summed E-state index contributed by atoms with van der Waals surface area (Å²) < 4.78 is 7.80. The van der Waals surface area contributed by atoms with E-state index in [1.54, 1.807) is 0 Å².